The largest absolute Gasteiger partial charge is 0.493 e. The van der Waals surface area contributed by atoms with Crippen LogP contribution in [0.2, 0.25) is 0 Å². The first-order chi connectivity index (χ1) is 15.6. The summed E-state index contributed by atoms with van der Waals surface area (Å²) in [4.78, 5) is 12.0. The van der Waals surface area contributed by atoms with E-state index < -0.39 is 10.8 Å². The molecule has 1 saturated heterocycles. The van der Waals surface area contributed by atoms with Gasteiger partial charge >= 0.3 is 0 Å². The molecule has 1 unspecified atom stereocenters. The number of imidazole rings is 1. The standard InChI is InChI=1S/C24H29N3O4S.Na/c1-17-21(16-32(28)23-26-19-7-3-4-8-20(19)27-23)25-12-9-22(17)29-13-18-14-30-24(31-15-18)10-5-2-6-11-24;/h3-4,7-9,12,18H,2,5-6,10-11,13-16H2,1H3,(H,26,27);. The smallest absolute Gasteiger partial charge is 0.197 e. The van der Waals surface area contributed by atoms with Crippen molar-refractivity contribution < 1.29 is 18.4 Å². The topological polar surface area (TPSA) is 86.3 Å². The summed E-state index contributed by atoms with van der Waals surface area (Å²) >= 11 is 0. The number of pyridine rings is 1. The molecule has 1 saturated carbocycles. The van der Waals surface area contributed by atoms with Crippen molar-refractivity contribution in [2.24, 2.45) is 5.92 Å². The summed E-state index contributed by atoms with van der Waals surface area (Å²) < 4.78 is 31.3. The van der Waals surface area contributed by atoms with Crippen LogP contribution in [0.25, 0.3) is 11.0 Å². The Balaban J connectivity index is 0.00000259. The maximum atomic E-state index is 12.9. The fourth-order valence-corrected chi connectivity index (χ4v) is 5.50. The normalized spacial score (nSPS) is 19.3. The van der Waals surface area contributed by atoms with Gasteiger partial charge in [-0.1, -0.05) is 18.6 Å². The molecule has 1 spiro atoms. The molecule has 1 radical (unpaired) electrons. The van der Waals surface area contributed by atoms with Crippen molar-refractivity contribution in [3.05, 3.63) is 47.8 Å². The Morgan fingerprint density at radius 1 is 1.15 bits per heavy atom. The summed E-state index contributed by atoms with van der Waals surface area (Å²) in [6.45, 7) is 3.80. The maximum Gasteiger partial charge on any atom is 0.197 e. The first-order valence-electron chi connectivity index (χ1n) is 11.3. The molecule has 33 heavy (non-hydrogen) atoms. The first kappa shape index (κ1) is 24.8. The van der Waals surface area contributed by atoms with E-state index in [1.165, 1.54) is 19.3 Å². The van der Waals surface area contributed by atoms with E-state index in [0.29, 0.717) is 25.0 Å². The fraction of sp³-hybridized carbons (Fsp3) is 0.500. The molecule has 0 amide bonds. The predicted molar refractivity (Wildman–Crippen MR) is 128 cm³/mol. The van der Waals surface area contributed by atoms with E-state index in [4.69, 9.17) is 14.2 Å². The van der Waals surface area contributed by atoms with Crippen LogP contribution in [0.4, 0.5) is 0 Å². The van der Waals surface area contributed by atoms with Gasteiger partial charge in [0.05, 0.1) is 53.1 Å². The molecule has 2 fully saturated rings. The minimum Gasteiger partial charge on any atom is -0.493 e. The number of benzene rings is 1. The third-order valence-corrected chi connectivity index (χ3v) is 7.52. The number of H-pyrrole nitrogens is 1. The molecule has 3 heterocycles. The molecule has 2 aromatic heterocycles. The van der Waals surface area contributed by atoms with E-state index >= 15 is 0 Å². The molecule has 2 aliphatic rings. The molecular weight excluding hydrogens is 449 g/mol. The van der Waals surface area contributed by atoms with Crippen molar-refractivity contribution in [3.8, 4) is 5.75 Å². The number of fused-ring (bicyclic) bond motifs is 1. The molecule has 7 nitrogen and oxygen atoms in total. The summed E-state index contributed by atoms with van der Waals surface area (Å²) in [5.74, 6) is 0.883. The van der Waals surface area contributed by atoms with E-state index in [-0.39, 0.29) is 47.0 Å². The zero-order valence-corrected chi connectivity index (χ0v) is 22.2. The average Bonchev–Trinajstić information content (AvgIpc) is 3.26. The van der Waals surface area contributed by atoms with Crippen LogP contribution >= 0.6 is 0 Å². The molecule has 1 aromatic carbocycles. The van der Waals surface area contributed by atoms with Gasteiger partial charge in [0.1, 0.15) is 5.75 Å². The van der Waals surface area contributed by atoms with Crippen LogP contribution in [-0.4, -0.2) is 74.3 Å². The summed E-state index contributed by atoms with van der Waals surface area (Å²) in [6, 6.07) is 9.53. The number of nitrogens with zero attached hydrogens (tertiary/aromatic N) is 2. The fourth-order valence-electron chi connectivity index (χ4n) is 4.40. The van der Waals surface area contributed by atoms with Gasteiger partial charge in [0.2, 0.25) is 0 Å². The first-order valence-corrected chi connectivity index (χ1v) is 12.6. The van der Waals surface area contributed by atoms with Crippen molar-refractivity contribution in [3.63, 3.8) is 0 Å². The van der Waals surface area contributed by atoms with Gasteiger partial charge in [-0.15, -0.1) is 0 Å². The molecule has 9 heteroatoms. The van der Waals surface area contributed by atoms with Crippen LogP contribution in [0.1, 0.15) is 43.4 Å². The van der Waals surface area contributed by atoms with E-state index in [1.54, 1.807) is 6.20 Å². The second kappa shape index (κ2) is 11.0. The summed E-state index contributed by atoms with van der Waals surface area (Å²) in [5, 5.41) is 0.465. The van der Waals surface area contributed by atoms with Crippen LogP contribution in [0.5, 0.6) is 5.75 Å². The Labute approximate surface area is 218 Å². The van der Waals surface area contributed by atoms with Gasteiger partial charge in [-0.05, 0) is 38.0 Å². The molecule has 0 bridgehead atoms. The van der Waals surface area contributed by atoms with E-state index in [1.807, 2.05) is 37.3 Å². The number of aromatic amines is 1. The van der Waals surface area contributed by atoms with Crippen LogP contribution < -0.4 is 4.74 Å². The SMILES string of the molecule is Cc1c(OCC2COC3(CCCCC3)OC2)ccnc1CS(=O)c1nc2ccccc2[nH]1.[Na]. The van der Waals surface area contributed by atoms with Crippen molar-refractivity contribution in [1.29, 1.82) is 0 Å². The number of aromatic nitrogens is 3. The van der Waals surface area contributed by atoms with E-state index in [0.717, 1.165) is 40.9 Å². The molecule has 1 aliphatic heterocycles. The van der Waals surface area contributed by atoms with Gasteiger partial charge < -0.3 is 19.2 Å². The van der Waals surface area contributed by atoms with Crippen molar-refractivity contribution in [2.45, 2.75) is 55.7 Å². The molecule has 1 aliphatic carbocycles. The Morgan fingerprint density at radius 3 is 2.67 bits per heavy atom. The molecule has 3 aromatic rings. The summed E-state index contributed by atoms with van der Waals surface area (Å²) in [5.41, 5.74) is 3.34. The number of hydrogen-bond donors (Lipinski definition) is 1. The quantitative estimate of drug-likeness (QED) is 0.541. The van der Waals surface area contributed by atoms with Crippen LogP contribution in [0.15, 0.2) is 41.7 Å². The van der Waals surface area contributed by atoms with Gasteiger partial charge in [0, 0.05) is 60.1 Å². The van der Waals surface area contributed by atoms with E-state index in [2.05, 4.69) is 15.0 Å². The number of nitrogens with one attached hydrogen (secondary N) is 1. The predicted octanol–water partition coefficient (Wildman–Crippen LogP) is 3.90. The van der Waals surface area contributed by atoms with Gasteiger partial charge in [0.15, 0.2) is 10.9 Å². The monoisotopic (exact) mass is 478 g/mol. The third-order valence-electron chi connectivity index (χ3n) is 6.36. The number of ether oxygens (including phenoxy) is 3. The van der Waals surface area contributed by atoms with Crippen molar-refractivity contribution >= 4 is 51.4 Å². The number of rotatable bonds is 6. The minimum atomic E-state index is -1.33. The van der Waals surface area contributed by atoms with Gasteiger partial charge in [-0.3, -0.25) is 9.19 Å². The minimum absolute atomic E-state index is 0. The second-order valence-corrected chi connectivity index (χ2v) is 10.1. The Morgan fingerprint density at radius 2 is 1.91 bits per heavy atom. The second-order valence-electron chi connectivity index (χ2n) is 8.70. The molecule has 171 valence electrons. The maximum absolute atomic E-state index is 12.9. The number of hydrogen-bond acceptors (Lipinski definition) is 6. The van der Waals surface area contributed by atoms with Crippen molar-refractivity contribution in [2.75, 3.05) is 19.8 Å². The number of para-hydroxylation sites is 2. The zero-order valence-electron chi connectivity index (χ0n) is 19.3. The average molecular weight is 479 g/mol. The molecular formula is C24H29N3NaO4S. The van der Waals surface area contributed by atoms with Gasteiger partial charge in [0.25, 0.3) is 0 Å². The molecule has 5 rings (SSSR count). The zero-order chi connectivity index (χ0) is 22.0. The van der Waals surface area contributed by atoms with Crippen LogP contribution in [-0.2, 0) is 26.0 Å². The van der Waals surface area contributed by atoms with Gasteiger partial charge in [-0.2, -0.15) is 0 Å². The summed E-state index contributed by atoms with van der Waals surface area (Å²) in [7, 11) is -1.33. The van der Waals surface area contributed by atoms with Crippen molar-refractivity contribution in [1.82, 2.24) is 15.0 Å². The molecule has 1 atom stereocenters. The van der Waals surface area contributed by atoms with Crippen LogP contribution in [0, 0.1) is 12.8 Å². The van der Waals surface area contributed by atoms with E-state index in [9.17, 15) is 4.21 Å². The Hall–Kier alpha value is -1.29. The third kappa shape index (κ3) is 5.69. The molecule has 1 N–H and O–H groups in total. The Bertz CT molecular complexity index is 1070. The van der Waals surface area contributed by atoms with Gasteiger partial charge in [-0.25, -0.2) is 4.98 Å². The van der Waals surface area contributed by atoms with Crippen LogP contribution in [0.3, 0.4) is 0 Å². The summed E-state index contributed by atoms with van der Waals surface area (Å²) in [6.07, 6.45) is 7.32. The Kier molecular flexibility index (Phi) is 8.25.